The van der Waals surface area contributed by atoms with Gasteiger partial charge in [0, 0.05) is 24.1 Å². The average molecular weight is 339 g/mol. The smallest absolute Gasteiger partial charge is 0.231 e. The number of carbonyl (C=O) groups excluding carboxylic acids is 1. The van der Waals surface area contributed by atoms with Crippen molar-refractivity contribution in [3.63, 3.8) is 0 Å². The number of nitrogens with one attached hydrogen (secondary N) is 1. The van der Waals surface area contributed by atoms with E-state index in [2.05, 4.69) is 19.2 Å². The van der Waals surface area contributed by atoms with Crippen LogP contribution >= 0.6 is 0 Å². The van der Waals surface area contributed by atoms with Crippen molar-refractivity contribution in [2.75, 3.05) is 12.1 Å². The largest absolute Gasteiger partial charge is 0.491 e. The van der Waals surface area contributed by atoms with Crippen LogP contribution in [0.1, 0.15) is 43.7 Å². The van der Waals surface area contributed by atoms with Gasteiger partial charge in [0.05, 0.1) is 6.10 Å². The van der Waals surface area contributed by atoms with Crippen molar-refractivity contribution in [3.05, 3.63) is 47.5 Å². The molecule has 0 fully saturated rings. The van der Waals surface area contributed by atoms with Crippen molar-refractivity contribution in [2.45, 2.75) is 38.7 Å². The molecule has 1 amide bonds. The molecule has 0 aliphatic carbocycles. The zero-order valence-corrected chi connectivity index (χ0v) is 14.4. The highest BCUT2D eigenvalue weighted by molar-refractivity contribution is 5.96. The van der Waals surface area contributed by atoms with Crippen LogP contribution < -0.4 is 19.5 Å². The van der Waals surface area contributed by atoms with E-state index in [1.54, 1.807) is 0 Å². The Kier molecular flexibility index (Phi) is 3.99. The molecule has 0 aromatic heterocycles. The fourth-order valence-corrected chi connectivity index (χ4v) is 3.24. The van der Waals surface area contributed by atoms with E-state index in [-0.39, 0.29) is 24.7 Å². The molecule has 2 aromatic carbocycles. The molecule has 2 heterocycles. The lowest BCUT2D eigenvalue weighted by Crippen LogP contribution is -2.23. The van der Waals surface area contributed by atoms with Crippen molar-refractivity contribution in [1.82, 2.24) is 0 Å². The van der Waals surface area contributed by atoms with E-state index in [0.717, 1.165) is 34.7 Å². The van der Waals surface area contributed by atoms with Crippen LogP contribution in [0.25, 0.3) is 0 Å². The van der Waals surface area contributed by atoms with Gasteiger partial charge in [0.25, 0.3) is 0 Å². The van der Waals surface area contributed by atoms with Crippen LogP contribution in [0, 0.1) is 0 Å². The summed E-state index contributed by atoms with van der Waals surface area (Å²) in [5, 5.41) is 2.94. The number of hydrogen-bond donors (Lipinski definition) is 1. The molecule has 2 atom stereocenters. The Hall–Kier alpha value is -2.69. The standard InChI is InChI=1S/C20H21NO4/c1-3-12(2)25-14-6-4-13(5-7-14)15-9-20(22)21-17-10-19-18(8-16(15)17)23-11-24-19/h4-8,10,12,15H,3,9,11H2,1-2H3,(H,21,22)/t12-,15-/m1/s1. The number of amides is 1. The molecule has 4 rings (SSSR count). The van der Waals surface area contributed by atoms with Gasteiger partial charge in [-0.3, -0.25) is 4.79 Å². The lowest BCUT2D eigenvalue weighted by Gasteiger charge is -2.26. The van der Waals surface area contributed by atoms with Gasteiger partial charge in [0.2, 0.25) is 12.7 Å². The van der Waals surface area contributed by atoms with E-state index in [1.807, 2.05) is 36.4 Å². The van der Waals surface area contributed by atoms with E-state index in [4.69, 9.17) is 14.2 Å². The van der Waals surface area contributed by atoms with Gasteiger partial charge in [-0.25, -0.2) is 0 Å². The van der Waals surface area contributed by atoms with E-state index in [0.29, 0.717) is 12.2 Å². The minimum Gasteiger partial charge on any atom is -0.491 e. The van der Waals surface area contributed by atoms with Crippen LogP contribution in [-0.4, -0.2) is 18.8 Å². The first-order valence-corrected chi connectivity index (χ1v) is 8.64. The van der Waals surface area contributed by atoms with Crippen LogP contribution in [0.4, 0.5) is 5.69 Å². The summed E-state index contributed by atoms with van der Waals surface area (Å²) in [6, 6.07) is 11.8. The summed E-state index contributed by atoms with van der Waals surface area (Å²) in [6.07, 6.45) is 1.57. The summed E-state index contributed by atoms with van der Waals surface area (Å²) >= 11 is 0. The van der Waals surface area contributed by atoms with Crippen molar-refractivity contribution in [1.29, 1.82) is 0 Å². The van der Waals surface area contributed by atoms with Gasteiger partial charge in [-0.15, -0.1) is 0 Å². The van der Waals surface area contributed by atoms with E-state index in [1.165, 1.54) is 0 Å². The molecule has 1 N–H and O–H groups in total. The maximum atomic E-state index is 12.2. The van der Waals surface area contributed by atoms with Crippen molar-refractivity contribution >= 4 is 11.6 Å². The molecule has 2 aromatic rings. The second-order valence-electron chi connectivity index (χ2n) is 6.50. The molecule has 25 heavy (non-hydrogen) atoms. The van der Waals surface area contributed by atoms with Crippen LogP contribution in [0.5, 0.6) is 17.2 Å². The maximum absolute atomic E-state index is 12.2. The van der Waals surface area contributed by atoms with Gasteiger partial charge < -0.3 is 19.5 Å². The molecule has 0 radical (unpaired) electrons. The van der Waals surface area contributed by atoms with Crippen LogP contribution in [0.15, 0.2) is 36.4 Å². The SMILES string of the molecule is CC[C@@H](C)Oc1ccc([C@H]2CC(=O)Nc3cc4c(cc32)OCO4)cc1. The number of rotatable bonds is 4. The molecule has 2 aliphatic rings. The topological polar surface area (TPSA) is 56.8 Å². The fraction of sp³-hybridized carbons (Fsp3) is 0.350. The second-order valence-corrected chi connectivity index (χ2v) is 6.50. The van der Waals surface area contributed by atoms with Gasteiger partial charge in [0.1, 0.15) is 5.75 Å². The highest BCUT2D eigenvalue weighted by atomic mass is 16.7. The fourth-order valence-electron chi connectivity index (χ4n) is 3.24. The predicted octanol–water partition coefficient (Wildman–Crippen LogP) is 4.07. The monoisotopic (exact) mass is 339 g/mol. The maximum Gasteiger partial charge on any atom is 0.231 e. The Morgan fingerprint density at radius 3 is 2.64 bits per heavy atom. The minimum atomic E-state index is -0.00380. The number of benzene rings is 2. The summed E-state index contributed by atoms with van der Waals surface area (Å²) in [4.78, 5) is 12.2. The van der Waals surface area contributed by atoms with Crippen LogP contribution in [-0.2, 0) is 4.79 Å². The van der Waals surface area contributed by atoms with Gasteiger partial charge in [-0.2, -0.15) is 0 Å². The summed E-state index contributed by atoms with van der Waals surface area (Å²) in [6.45, 7) is 4.37. The number of hydrogen-bond acceptors (Lipinski definition) is 4. The molecule has 0 saturated heterocycles. The zero-order chi connectivity index (χ0) is 17.4. The third kappa shape index (κ3) is 3.02. The number of carbonyl (C=O) groups is 1. The molecule has 2 aliphatic heterocycles. The number of anilines is 1. The van der Waals surface area contributed by atoms with E-state index >= 15 is 0 Å². The van der Waals surface area contributed by atoms with Gasteiger partial charge in [-0.1, -0.05) is 19.1 Å². The third-order valence-corrected chi connectivity index (χ3v) is 4.78. The Morgan fingerprint density at radius 1 is 1.20 bits per heavy atom. The first-order valence-electron chi connectivity index (χ1n) is 8.64. The summed E-state index contributed by atoms with van der Waals surface area (Å²) in [7, 11) is 0. The molecule has 0 saturated carbocycles. The summed E-state index contributed by atoms with van der Waals surface area (Å²) in [5.74, 6) is 2.27. The molecular weight excluding hydrogens is 318 g/mol. The minimum absolute atomic E-state index is 0.00380. The molecule has 130 valence electrons. The second kappa shape index (κ2) is 6.31. The highest BCUT2D eigenvalue weighted by Crippen LogP contribution is 2.44. The van der Waals surface area contributed by atoms with Gasteiger partial charge >= 0.3 is 0 Å². The van der Waals surface area contributed by atoms with Crippen molar-refractivity contribution in [3.8, 4) is 17.2 Å². The Labute approximate surface area is 146 Å². The van der Waals surface area contributed by atoms with Gasteiger partial charge in [-0.05, 0) is 42.7 Å². The average Bonchev–Trinajstić information content (AvgIpc) is 3.07. The lowest BCUT2D eigenvalue weighted by atomic mass is 9.84. The first-order chi connectivity index (χ1) is 12.1. The first kappa shape index (κ1) is 15.8. The number of ether oxygens (including phenoxy) is 3. The summed E-state index contributed by atoms with van der Waals surface area (Å²) in [5.41, 5.74) is 2.94. The normalized spacial score (nSPS) is 19.1. The molecule has 0 unspecified atom stereocenters. The van der Waals surface area contributed by atoms with Crippen molar-refractivity contribution in [2.24, 2.45) is 0 Å². The number of fused-ring (bicyclic) bond motifs is 2. The van der Waals surface area contributed by atoms with Crippen LogP contribution in [0.2, 0.25) is 0 Å². The predicted molar refractivity (Wildman–Crippen MR) is 94.5 cm³/mol. The molecule has 5 heteroatoms. The van der Waals surface area contributed by atoms with Crippen LogP contribution in [0.3, 0.4) is 0 Å². The zero-order valence-electron chi connectivity index (χ0n) is 14.4. The molecule has 0 bridgehead atoms. The molecule has 5 nitrogen and oxygen atoms in total. The lowest BCUT2D eigenvalue weighted by molar-refractivity contribution is -0.116. The van der Waals surface area contributed by atoms with E-state index in [9.17, 15) is 4.79 Å². The Balaban J connectivity index is 1.66. The Morgan fingerprint density at radius 2 is 1.92 bits per heavy atom. The highest BCUT2D eigenvalue weighted by Gasteiger charge is 2.29. The molecular formula is C20H21NO4. The molecule has 0 spiro atoms. The van der Waals surface area contributed by atoms with Gasteiger partial charge in [0.15, 0.2) is 11.5 Å². The Bertz CT molecular complexity index is 800. The van der Waals surface area contributed by atoms with E-state index < -0.39 is 0 Å². The van der Waals surface area contributed by atoms with Crippen molar-refractivity contribution < 1.29 is 19.0 Å². The quantitative estimate of drug-likeness (QED) is 0.912. The third-order valence-electron chi connectivity index (χ3n) is 4.78. The summed E-state index contributed by atoms with van der Waals surface area (Å²) < 4.78 is 16.8.